The van der Waals surface area contributed by atoms with E-state index in [0.717, 1.165) is 81.2 Å². The SMILES string of the molecule is C=CC(=O)Nc1sc2c(c1-c1nc3ccccc3s1)CCN(C(C)C)C2.CC(C)N1CCc2c(sc(NC(=O)CCNC(C)(C)C)c2-c2nc3ccccc3s2)C1. The first-order valence-corrected chi connectivity index (χ1v) is 23.0. The molecule has 2 aliphatic rings. The van der Waals surface area contributed by atoms with Crippen LogP contribution in [0.4, 0.5) is 10.0 Å². The number of benzene rings is 2. The third-order valence-electron chi connectivity index (χ3n) is 10.3. The first kappa shape index (κ1) is 41.3. The molecular weight excluding hydrogens is 787 g/mol. The van der Waals surface area contributed by atoms with Crippen molar-refractivity contribution in [2.45, 2.75) is 98.4 Å². The van der Waals surface area contributed by atoms with E-state index in [4.69, 9.17) is 9.97 Å². The molecule has 0 spiro atoms. The predicted octanol–water partition coefficient (Wildman–Crippen LogP) is 10.4. The summed E-state index contributed by atoms with van der Waals surface area (Å²) < 4.78 is 2.35. The van der Waals surface area contributed by atoms with E-state index in [2.05, 4.69) is 105 Å². The van der Waals surface area contributed by atoms with Gasteiger partial charge in [-0.2, -0.15) is 0 Å². The molecule has 2 amide bonds. The Kier molecular flexibility index (Phi) is 12.7. The number of fused-ring (bicyclic) bond motifs is 4. The number of thiophene rings is 2. The maximum atomic E-state index is 12.8. The van der Waals surface area contributed by atoms with Gasteiger partial charge in [0, 0.05) is 77.6 Å². The van der Waals surface area contributed by atoms with Crippen LogP contribution in [0.25, 0.3) is 41.6 Å². The Morgan fingerprint density at radius 2 is 1.23 bits per heavy atom. The summed E-state index contributed by atoms with van der Waals surface area (Å²) in [6.07, 6.45) is 3.76. The van der Waals surface area contributed by atoms with E-state index >= 15 is 0 Å². The van der Waals surface area contributed by atoms with Crippen LogP contribution >= 0.6 is 45.3 Å². The number of thiazole rings is 2. The summed E-state index contributed by atoms with van der Waals surface area (Å²) in [6.45, 7) is 23.5. The lowest BCUT2D eigenvalue weighted by Gasteiger charge is -2.30. The first-order valence-electron chi connectivity index (χ1n) is 19.7. The van der Waals surface area contributed by atoms with E-state index in [1.807, 2.05) is 24.3 Å². The Morgan fingerprint density at radius 1 is 0.754 bits per heavy atom. The highest BCUT2D eigenvalue weighted by atomic mass is 32.1. The van der Waals surface area contributed by atoms with Crippen LogP contribution in [0.15, 0.2) is 61.2 Å². The average molecular weight is 840 g/mol. The van der Waals surface area contributed by atoms with Crippen LogP contribution in [0, 0.1) is 0 Å². The average Bonchev–Trinajstić information content (AvgIpc) is 3.95. The zero-order valence-corrected chi connectivity index (χ0v) is 37.2. The Morgan fingerprint density at radius 3 is 1.67 bits per heavy atom. The van der Waals surface area contributed by atoms with Gasteiger partial charge < -0.3 is 16.0 Å². The van der Waals surface area contributed by atoms with Gasteiger partial charge in [-0.15, -0.1) is 45.3 Å². The van der Waals surface area contributed by atoms with E-state index in [1.165, 1.54) is 36.4 Å². The minimum absolute atomic E-state index is 0.00869. The van der Waals surface area contributed by atoms with E-state index in [-0.39, 0.29) is 17.4 Å². The molecule has 13 heteroatoms. The summed E-state index contributed by atoms with van der Waals surface area (Å²) in [5.41, 5.74) is 6.98. The molecule has 6 aromatic rings. The third kappa shape index (κ3) is 9.57. The largest absolute Gasteiger partial charge is 0.317 e. The summed E-state index contributed by atoms with van der Waals surface area (Å²) >= 11 is 6.81. The van der Waals surface area contributed by atoms with Crippen molar-refractivity contribution < 1.29 is 9.59 Å². The molecule has 8 rings (SSSR count). The number of aromatic nitrogens is 2. The minimum Gasteiger partial charge on any atom is -0.317 e. The second-order valence-corrected chi connectivity index (χ2v) is 20.5. The summed E-state index contributed by atoms with van der Waals surface area (Å²) in [5.74, 6) is -0.120. The molecule has 0 aliphatic carbocycles. The van der Waals surface area contributed by atoms with Crippen LogP contribution in [0.1, 0.15) is 75.8 Å². The Hall–Kier alpha value is -3.82. The molecule has 0 bridgehead atoms. The van der Waals surface area contributed by atoms with Crippen LogP contribution < -0.4 is 16.0 Å². The quantitative estimate of drug-likeness (QED) is 0.118. The molecule has 57 heavy (non-hydrogen) atoms. The molecule has 0 fully saturated rings. The molecule has 0 unspecified atom stereocenters. The third-order valence-corrected chi connectivity index (χ3v) is 14.7. The van der Waals surface area contributed by atoms with E-state index in [9.17, 15) is 9.59 Å². The van der Waals surface area contributed by atoms with Gasteiger partial charge >= 0.3 is 0 Å². The van der Waals surface area contributed by atoms with Crippen LogP contribution in [0.3, 0.4) is 0 Å². The number of anilines is 2. The number of rotatable bonds is 10. The molecule has 0 saturated heterocycles. The number of nitrogens with one attached hydrogen (secondary N) is 3. The van der Waals surface area contributed by atoms with Gasteiger partial charge in [0.1, 0.15) is 20.0 Å². The van der Waals surface area contributed by atoms with Crippen molar-refractivity contribution in [1.29, 1.82) is 0 Å². The van der Waals surface area contributed by atoms with Crippen molar-refractivity contribution in [3.05, 3.63) is 82.1 Å². The zero-order chi connectivity index (χ0) is 40.4. The molecule has 300 valence electrons. The minimum atomic E-state index is -0.174. The van der Waals surface area contributed by atoms with Crippen molar-refractivity contribution in [1.82, 2.24) is 25.1 Å². The molecular formula is C44H53N7O2S4. The molecule has 2 aromatic carbocycles. The highest BCUT2D eigenvalue weighted by Gasteiger charge is 2.30. The number of hydrogen-bond acceptors (Lipinski definition) is 11. The van der Waals surface area contributed by atoms with Crippen LogP contribution in [-0.4, -0.2) is 68.8 Å². The van der Waals surface area contributed by atoms with Gasteiger partial charge in [0.2, 0.25) is 11.8 Å². The molecule has 9 nitrogen and oxygen atoms in total. The topological polar surface area (TPSA) is 102 Å². The van der Waals surface area contributed by atoms with Crippen molar-refractivity contribution in [2.75, 3.05) is 30.3 Å². The van der Waals surface area contributed by atoms with Crippen molar-refractivity contribution >= 4 is 87.6 Å². The normalized spacial score (nSPS) is 14.8. The Balaban J connectivity index is 0.000000177. The van der Waals surface area contributed by atoms with Crippen molar-refractivity contribution in [3.8, 4) is 21.1 Å². The van der Waals surface area contributed by atoms with Crippen LogP contribution in [0.5, 0.6) is 0 Å². The summed E-state index contributed by atoms with van der Waals surface area (Å²) in [5, 5.41) is 13.5. The number of hydrogen-bond donors (Lipinski definition) is 3. The van der Waals surface area contributed by atoms with E-state index in [0.29, 0.717) is 25.0 Å². The molecule has 0 saturated carbocycles. The second-order valence-electron chi connectivity index (χ2n) is 16.2. The highest BCUT2D eigenvalue weighted by Crippen LogP contribution is 2.47. The van der Waals surface area contributed by atoms with Gasteiger partial charge in [0.25, 0.3) is 0 Å². The molecule has 3 N–H and O–H groups in total. The lowest BCUT2D eigenvalue weighted by Crippen LogP contribution is -2.37. The van der Waals surface area contributed by atoms with Crippen molar-refractivity contribution in [3.63, 3.8) is 0 Å². The van der Waals surface area contributed by atoms with Gasteiger partial charge in [-0.1, -0.05) is 30.8 Å². The van der Waals surface area contributed by atoms with Gasteiger partial charge in [0.15, 0.2) is 0 Å². The van der Waals surface area contributed by atoms with Crippen LogP contribution in [0.2, 0.25) is 0 Å². The second kappa shape index (κ2) is 17.6. The molecule has 0 radical (unpaired) electrons. The maximum absolute atomic E-state index is 12.8. The predicted molar refractivity (Wildman–Crippen MR) is 244 cm³/mol. The number of para-hydroxylation sites is 2. The maximum Gasteiger partial charge on any atom is 0.248 e. The van der Waals surface area contributed by atoms with Gasteiger partial charge in [-0.3, -0.25) is 19.4 Å². The monoisotopic (exact) mass is 839 g/mol. The van der Waals surface area contributed by atoms with Gasteiger partial charge in [0.05, 0.1) is 20.4 Å². The summed E-state index contributed by atoms with van der Waals surface area (Å²) in [4.78, 5) is 42.2. The standard InChI is InChI=1S/C24H32N4OS2.C20H21N3OS2/c1-15(2)28-13-11-16-19(14-28)31-23(27-20(29)10-12-25-24(3,4)5)21(16)22-26-17-8-6-7-9-18(17)30-22;1-4-17(24)22-20-18(19-21-14-7-5-6-8-15(14)25-19)13-9-10-23(12(2)3)11-16(13)26-20/h6-9,15,25H,10-14H2,1-5H3,(H,27,29);4-8,12H,1,9-11H2,2-3H3,(H,22,24). The fourth-order valence-corrected chi connectivity index (χ4v) is 12.0. The van der Waals surface area contributed by atoms with E-state index in [1.54, 1.807) is 45.3 Å². The Labute approximate surface area is 352 Å². The number of carbonyl (C=O) groups is 2. The molecule has 6 heterocycles. The fourth-order valence-electron chi connectivity index (χ4n) is 7.22. The van der Waals surface area contributed by atoms with Gasteiger partial charge in [-0.25, -0.2) is 9.97 Å². The van der Waals surface area contributed by atoms with Crippen LogP contribution in [-0.2, 0) is 35.5 Å². The fraction of sp³-hybridized carbons (Fsp3) is 0.409. The van der Waals surface area contributed by atoms with Gasteiger partial charge in [-0.05, 0) is 103 Å². The molecule has 4 aromatic heterocycles. The lowest BCUT2D eigenvalue weighted by molar-refractivity contribution is -0.116. The Bertz CT molecular complexity index is 2330. The first-order chi connectivity index (χ1) is 27.3. The number of carbonyl (C=O) groups excluding carboxylic acids is 2. The van der Waals surface area contributed by atoms with E-state index < -0.39 is 0 Å². The molecule has 0 atom stereocenters. The number of nitrogens with zero attached hydrogens (tertiary/aromatic N) is 4. The summed E-state index contributed by atoms with van der Waals surface area (Å²) in [6, 6.07) is 17.5. The zero-order valence-electron chi connectivity index (χ0n) is 34.0. The highest BCUT2D eigenvalue weighted by molar-refractivity contribution is 7.23. The van der Waals surface area contributed by atoms with Crippen molar-refractivity contribution in [2.24, 2.45) is 0 Å². The summed E-state index contributed by atoms with van der Waals surface area (Å²) in [7, 11) is 0. The lowest BCUT2D eigenvalue weighted by atomic mass is 10.0. The number of amides is 2. The molecule has 2 aliphatic heterocycles. The smallest absolute Gasteiger partial charge is 0.248 e.